The first-order valence-electron chi connectivity index (χ1n) is 5.90. The van der Waals surface area contributed by atoms with Gasteiger partial charge in [0, 0.05) is 6.42 Å². The minimum atomic E-state index is -0.712. The fourth-order valence-electron chi connectivity index (χ4n) is 2.26. The molecule has 1 saturated heterocycles. The normalized spacial score (nSPS) is 27.0. The Kier molecular flexibility index (Phi) is 3.05. The first-order chi connectivity index (χ1) is 9.24. The van der Waals surface area contributed by atoms with Crippen LogP contribution in [0.4, 0.5) is 0 Å². The van der Waals surface area contributed by atoms with Gasteiger partial charge in [-0.25, -0.2) is 9.97 Å². The highest BCUT2D eigenvalue weighted by atomic mass is 16.5. The predicted molar refractivity (Wildman–Crippen MR) is 63.5 cm³/mol. The monoisotopic (exact) mass is 266 g/mol. The van der Waals surface area contributed by atoms with Crippen molar-refractivity contribution >= 4 is 11.2 Å². The van der Waals surface area contributed by atoms with Crippen molar-refractivity contribution in [2.75, 3.05) is 13.7 Å². The van der Waals surface area contributed by atoms with Crippen molar-refractivity contribution < 1.29 is 19.7 Å². The van der Waals surface area contributed by atoms with E-state index in [1.165, 1.54) is 19.8 Å². The number of rotatable bonds is 3. The van der Waals surface area contributed by atoms with Crippen LogP contribution < -0.4 is 4.74 Å². The van der Waals surface area contributed by atoms with Gasteiger partial charge in [0.25, 0.3) is 0 Å². The van der Waals surface area contributed by atoms with Crippen molar-refractivity contribution in [1.82, 2.24) is 19.5 Å². The third kappa shape index (κ3) is 1.93. The van der Waals surface area contributed by atoms with Crippen molar-refractivity contribution in [3.63, 3.8) is 0 Å². The molecule has 1 aliphatic heterocycles. The zero-order valence-corrected chi connectivity index (χ0v) is 10.3. The summed E-state index contributed by atoms with van der Waals surface area (Å²) < 4.78 is 12.3. The van der Waals surface area contributed by atoms with Gasteiger partial charge in [-0.3, -0.25) is 4.57 Å². The summed E-state index contributed by atoms with van der Waals surface area (Å²) in [5, 5.41) is 19.1. The lowest BCUT2D eigenvalue weighted by Gasteiger charge is -2.16. The highest BCUT2D eigenvalue weighted by Crippen LogP contribution is 2.31. The topological polar surface area (TPSA) is 103 Å². The van der Waals surface area contributed by atoms with E-state index >= 15 is 0 Å². The Balaban J connectivity index is 2.02. The smallest absolute Gasteiger partial charge is 0.245 e. The van der Waals surface area contributed by atoms with E-state index in [4.69, 9.17) is 14.6 Å². The van der Waals surface area contributed by atoms with Gasteiger partial charge in [-0.2, -0.15) is 4.98 Å². The lowest BCUT2D eigenvalue weighted by atomic mass is 10.2. The van der Waals surface area contributed by atoms with Crippen LogP contribution in [0, 0.1) is 0 Å². The van der Waals surface area contributed by atoms with Gasteiger partial charge in [0.2, 0.25) is 5.88 Å². The molecule has 102 valence electrons. The molecule has 2 aromatic heterocycles. The van der Waals surface area contributed by atoms with Gasteiger partial charge in [0.15, 0.2) is 17.4 Å². The molecule has 1 aliphatic rings. The second-order valence-corrected chi connectivity index (χ2v) is 4.34. The van der Waals surface area contributed by atoms with Crippen LogP contribution in [-0.2, 0) is 4.74 Å². The minimum absolute atomic E-state index is 0.126. The van der Waals surface area contributed by atoms with Crippen molar-refractivity contribution in [2.24, 2.45) is 0 Å². The lowest BCUT2D eigenvalue weighted by molar-refractivity contribution is -0.0486. The number of imidazole rings is 1. The molecule has 0 unspecified atom stereocenters. The van der Waals surface area contributed by atoms with Gasteiger partial charge >= 0.3 is 0 Å². The van der Waals surface area contributed by atoms with Crippen molar-refractivity contribution in [2.45, 2.75) is 24.9 Å². The summed E-state index contributed by atoms with van der Waals surface area (Å²) in [4.78, 5) is 12.3. The molecule has 0 radical (unpaired) electrons. The predicted octanol–water partition coefficient (Wildman–Crippen LogP) is -0.524. The Morgan fingerprint density at radius 2 is 2.32 bits per heavy atom. The molecule has 8 nitrogen and oxygen atoms in total. The molecule has 8 heteroatoms. The Morgan fingerprint density at radius 3 is 3.00 bits per heavy atom. The molecule has 1 fully saturated rings. The van der Waals surface area contributed by atoms with Gasteiger partial charge in [-0.05, 0) is 0 Å². The van der Waals surface area contributed by atoms with E-state index in [1.54, 1.807) is 4.57 Å². The van der Waals surface area contributed by atoms with E-state index < -0.39 is 12.3 Å². The average molecular weight is 266 g/mol. The van der Waals surface area contributed by atoms with E-state index in [9.17, 15) is 5.11 Å². The summed E-state index contributed by atoms with van der Waals surface area (Å²) in [5.74, 6) is 0.370. The number of fused-ring (bicyclic) bond motifs is 1. The Labute approximate surface area is 108 Å². The average Bonchev–Trinajstić information content (AvgIpc) is 3.01. The maximum Gasteiger partial charge on any atom is 0.245 e. The fourth-order valence-corrected chi connectivity index (χ4v) is 2.26. The molecule has 19 heavy (non-hydrogen) atoms. The molecule has 3 rings (SSSR count). The third-order valence-electron chi connectivity index (χ3n) is 3.16. The Hall–Kier alpha value is -1.77. The minimum Gasteiger partial charge on any atom is -0.479 e. The second kappa shape index (κ2) is 4.72. The van der Waals surface area contributed by atoms with Crippen molar-refractivity contribution in [3.05, 3.63) is 12.7 Å². The van der Waals surface area contributed by atoms with E-state index in [0.717, 1.165) is 0 Å². The molecule has 0 spiro atoms. The van der Waals surface area contributed by atoms with E-state index in [-0.39, 0.29) is 12.7 Å². The molecule has 2 aromatic rings. The van der Waals surface area contributed by atoms with Crippen LogP contribution in [0.25, 0.3) is 11.2 Å². The van der Waals surface area contributed by atoms with Crippen LogP contribution in [-0.4, -0.2) is 55.7 Å². The van der Waals surface area contributed by atoms with Gasteiger partial charge in [0.1, 0.15) is 12.4 Å². The molecule has 2 N–H and O–H groups in total. The summed E-state index contributed by atoms with van der Waals surface area (Å²) in [5.41, 5.74) is 1.03. The zero-order valence-electron chi connectivity index (χ0n) is 10.3. The number of hydrogen-bond acceptors (Lipinski definition) is 7. The second-order valence-electron chi connectivity index (χ2n) is 4.34. The number of aromatic nitrogens is 4. The number of aliphatic hydroxyl groups is 2. The third-order valence-corrected chi connectivity index (χ3v) is 3.16. The molecule has 0 aliphatic carbocycles. The van der Waals surface area contributed by atoms with Crippen molar-refractivity contribution in [1.29, 1.82) is 0 Å². The zero-order chi connectivity index (χ0) is 13.4. The van der Waals surface area contributed by atoms with Crippen LogP contribution in [0.15, 0.2) is 12.7 Å². The highest BCUT2D eigenvalue weighted by Gasteiger charge is 2.36. The standard InChI is InChI=1S/C11H14N4O4/c1-18-10-8-9(12-4-13-10)15(5-14-8)11-7(17)2-6(3-16)19-11/h4-7,11,16-17H,2-3H2,1H3/t6-,7+,11+/m0/s1. The van der Waals surface area contributed by atoms with Crippen LogP contribution in [0.1, 0.15) is 12.6 Å². The Morgan fingerprint density at radius 1 is 1.47 bits per heavy atom. The van der Waals surface area contributed by atoms with Gasteiger partial charge in [-0.1, -0.05) is 0 Å². The highest BCUT2D eigenvalue weighted by molar-refractivity contribution is 5.75. The molecule has 0 saturated carbocycles. The number of ether oxygens (including phenoxy) is 2. The number of aliphatic hydroxyl groups excluding tert-OH is 2. The molecular formula is C11H14N4O4. The molecule has 3 atom stereocenters. The summed E-state index contributed by atoms with van der Waals surface area (Å²) in [6.45, 7) is -0.126. The van der Waals surface area contributed by atoms with Gasteiger partial charge in [-0.15, -0.1) is 0 Å². The maximum atomic E-state index is 9.99. The van der Waals surface area contributed by atoms with Gasteiger partial charge in [0.05, 0.1) is 26.1 Å². The van der Waals surface area contributed by atoms with Gasteiger partial charge < -0.3 is 19.7 Å². The SMILES string of the molecule is COc1ncnc2c1ncn2[C@@H]1O[C@H](CO)C[C@H]1O. The quantitative estimate of drug-likeness (QED) is 0.770. The number of methoxy groups -OCH3 is 1. The molecular weight excluding hydrogens is 252 g/mol. The fraction of sp³-hybridized carbons (Fsp3) is 0.545. The molecule has 0 bridgehead atoms. The number of hydrogen-bond donors (Lipinski definition) is 2. The van der Waals surface area contributed by atoms with E-state index in [1.807, 2.05) is 0 Å². The first kappa shape index (κ1) is 12.3. The van der Waals surface area contributed by atoms with Crippen LogP contribution in [0.5, 0.6) is 5.88 Å². The molecule has 3 heterocycles. The lowest BCUT2D eigenvalue weighted by Crippen LogP contribution is -2.19. The van der Waals surface area contributed by atoms with Crippen molar-refractivity contribution in [3.8, 4) is 5.88 Å². The van der Waals surface area contributed by atoms with E-state index in [2.05, 4.69) is 15.0 Å². The van der Waals surface area contributed by atoms with Crippen LogP contribution in [0.2, 0.25) is 0 Å². The van der Waals surface area contributed by atoms with Crippen LogP contribution in [0.3, 0.4) is 0 Å². The van der Waals surface area contributed by atoms with Crippen LogP contribution >= 0.6 is 0 Å². The van der Waals surface area contributed by atoms with E-state index in [0.29, 0.717) is 23.5 Å². The Bertz CT molecular complexity index is 587. The molecule has 0 aromatic carbocycles. The summed E-state index contributed by atoms with van der Waals surface area (Å²) >= 11 is 0. The first-order valence-corrected chi connectivity index (χ1v) is 5.90. The largest absolute Gasteiger partial charge is 0.479 e. The maximum absolute atomic E-state index is 9.99. The summed E-state index contributed by atoms with van der Waals surface area (Å²) in [6, 6.07) is 0. The molecule has 0 amide bonds. The summed E-state index contributed by atoms with van der Waals surface area (Å²) in [6.07, 6.45) is 1.57. The summed E-state index contributed by atoms with van der Waals surface area (Å²) in [7, 11) is 1.50. The number of nitrogens with zero attached hydrogens (tertiary/aromatic N) is 4.